The molecule has 0 atom stereocenters. The predicted octanol–water partition coefficient (Wildman–Crippen LogP) is 4.26. The summed E-state index contributed by atoms with van der Waals surface area (Å²) >= 11 is 0. The van der Waals surface area contributed by atoms with E-state index in [9.17, 15) is 0 Å². The SMILES string of the molecule is CNc1cc(-c2cccc(CC(C)C)c2)nc(C2CC2)n1. The lowest BCUT2D eigenvalue weighted by Gasteiger charge is -2.10. The third-order valence-corrected chi connectivity index (χ3v) is 3.81. The van der Waals surface area contributed by atoms with E-state index in [1.807, 2.05) is 13.1 Å². The Hall–Kier alpha value is -1.90. The Morgan fingerprint density at radius 1 is 1.19 bits per heavy atom. The number of anilines is 1. The maximum absolute atomic E-state index is 4.78. The van der Waals surface area contributed by atoms with E-state index < -0.39 is 0 Å². The van der Waals surface area contributed by atoms with Crippen LogP contribution in [0.1, 0.15) is 44.0 Å². The summed E-state index contributed by atoms with van der Waals surface area (Å²) in [5, 5.41) is 3.16. The van der Waals surface area contributed by atoms with E-state index in [2.05, 4.69) is 48.4 Å². The molecular formula is C18H23N3. The highest BCUT2D eigenvalue weighted by atomic mass is 15.0. The van der Waals surface area contributed by atoms with Crippen molar-refractivity contribution in [1.29, 1.82) is 0 Å². The third-order valence-electron chi connectivity index (χ3n) is 3.81. The average molecular weight is 281 g/mol. The summed E-state index contributed by atoms with van der Waals surface area (Å²) in [6.45, 7) is 4.50. The van der Waals surface area contributed by atoms with Crippen molar-refractivity contribution in [2.45, 2.75) is 39.0 Å². The second-order valence-corrected chi connectivity index (χ2v) is 6.32. The van der Waals surface area contributed by atoms with Gasteiger partial charge in [0.15, 0.2) is 0 Å². The van der Waals surface area contributed by atoms with Crippen LogP contribution in [0, 0.1) is 5.92 Å². The fraction of sp³-hybridized carbons (Fsp3) is 0.444. The number of hydrogen-bond donors (Lipinski definition) is 1. The summed E-state index contributed by atoms with van der Waals surface area (Å²) in [6, 6.07) is 10.8. The molecule has 3 rings (SSSR count). The molecule has 1 aromatic carbocycles. The van der Waals surface area contributed by atoms with Crippen LogP contribution in [-0.2, 0) is 6.42 Å². The van der Waals surface area contributed by atoms with Crippen LogP contribution in [0.5, 0.6) is 0 Å². The van der Waals surface area contributed by atoms with Gasteiger partial charge in [0.2, 0.25) is 0 Å². The predicted molar refractivity (Wildman–Crippen MR) is 87.5 cm³/mol. The standard InChI is InChI=1S/C18H23N3/c1-12(2)9-13-5-4-6-15(10-13)16-11-17(19-3)21-18(20-16)14-7-8-14/h4-6,10-12,14H,7-9H2,1-3H3,(H,19,20,21). The molecule has 3 heteroatoms. The monoisotopic (exact) mass is 281 g/mol. The zero-order valence-electron chi connectivity index (χ0n) is 13.1. The molecule has 1 N–H and O–H groups in total. The lowest BCUT2D eigenvalue weighted by Crippen LogP contribution is -2.01. The van der Waals surface area contributed by atoms with Gasteiger partial charge in [0.25, 0.3) is 0 Å². The fourth-order valence-corrected chi connectivity index (χ4v) is 2.59. The molecule has 110 valence electrons. The van der Waals surface area contributed by atoms with Gasteiger partial charge in [-0.2, -0.15) is 0 Å². The van der Waals surface area contributed by atoms with Crippen molar-refractivity contribution in [2.24, 2.45) is 5.92 Å². The first-order valence-electron chi connectivity index (χ1n) is 7.81. The normalized spacial score (nSPS) is 14.5. The zero-order chi connectivity index (χ0) is 14.8. The van der Waals surface area contributed by atoms with Crippen LogP contribution >= 0.6 is 0 Å². The van der Waals surface area contributed by atoms with Crippen LogP contribution in [0.3, 0.4) is 0 Å². The summed E-state index contributed by atoms with van der Waals surface area (Å²) < 4.78 is 0. The molecule has 0 unspecified atom stereocenters. The van der Waals surface area contributed by atoms with Crippen LogP contribution in [0.25, 0.3) is 11.3 Å². The number of nitrogens with zero attached hydrogens (tertiary/aromatic N) is 2. The maximum Gasteiger partial charge on any atom is 0.134 e. The van der Waals surface area contributed by atoms with E-state index in [4.69, 9.17) is 4.98 Å². The summed E-state index contributed by atoms with van der Waals surface area (Å²) in [7, 11) is 1.91. The molecule has 1 aliphatic carbocycles. The summed E-state index contributed by atoms with van der Waals surface area (Å²) in [6.07, 6.45) is 3.55. The van der Waals surface area contributed by atoms with E-state index in [-0.39, 0.29) is 0 Å². The molecule has 0 bridgehead atoms. The van der Waals surface area contributed by atoms with Gasteiger partial charge in [0.1, 0.15) is 11.6 Å². The number of rotatable bonds is 5. The van der Waals surface area contributed by atoms with Gasteiger partial charge in [0.05, 0.1) is 5.69 Å². The number of hydrogen-bond acceptors (Lipinski definition) is 3. The van der Waals surface area contributed by atoms with Gasteiger partial charge in [0, 0.05) is 24.6 Å². The number of benzene rings is 1. The van der Waals surface area contributed by atoms with Crippen LogP contribution in [0.4, 0.5) is 5.82 Å². The van der Waals surface area contributed by atoms with Gasteiger partial charge in [-0.05, 0) is 36.8 Å². The molecule has 1 aliphatic rings. The van der Waals surface area contributed by atoms with E-state index in [0.29, 0.717) is 11.8 Å². The first-order chi connectivity index (χ1) is 10.2. The molecule has 0 aliphatic heterocycles. The van der Waals surface area contributed by atoms with Crippen molar-refractivity contribution in [3.63, 3.8) is 0 Å². The fourth-order valence-electron chi connectivity index (χ4n) is 2.59. The molecule has 1 fully saturated rings. The van der Waals surface area contributed by atoms with E-state index in [1.165, 1.54) is 24.0 Å². The van der Waals surface area contributed by atoms with Crippen LogP contribution in [0.2, 0.25) is 0 Å². The minimum atomic E-state index is 0.566. The first-order valence-corrected chi connectivity index (χ1v) is 7.81. The van der Waals surface area contributed by atoms with Crippen molar-refractivity contribution in [3.8, 4) is 11.3 Å². The molecule has 1 aromatic heterocycles. The Kier molecular flexibility index (Phi) is 3.91. The molecule has 0 spiro atoms. The van der Waals surface area contributed by atoms with Crippen LogP contribution in [0.15, 0.2) is 30.3 Å². The Morgan fingerprint density at radius 2 is 2.00 bits per heavy atom. The van der Waals surface area contributed by atoms with Gasteiger partial charge < -0.3 is 5.32 Å². The lowest BCUT2D eigenvalue weighted by atomic mass is 10.00. The number of nitrogens with one attached hydrogen (secondary N) is 1. The zero-order valence-corrected chi connectivity index (χ0v) is 13.1. The number of aromatic nitrogens is 2. The van der Waals surface area contributed by atoms with Crippen LogP contribution in [-0.4, -0.2) is 17.0 Å². The highest BCUT2D eigenvalue weighted by Crippen LogP contribution is 2.39. The van der Waals surface area contributed by atoms with Crippen molar-refractivity contribution in [3.05, 3.63) is 41.7 Å². The molecule has 2 aromatic rings. The second-order valence-electron chi connectivity index (χ2n) is 6.32. The Balaban J connectivity index is 1.97. The molecule has 3 nitrogen and oxygen atoms in total. The molecule has 21 heavy (non-hydrogen) atoms. The minimum Gasteiger partial charge on any atom is -0.373 e. The van der Waals surface area contributed by atoms with Crippen molar-refractivity contribution >= 4 is 5.82 Å². The van der Waals surface area contributed by atoms with Crippen molar-refractivity contribution in [2.75, 3.05) is 12.4 Å². The topological polar surface area (TPSA) is 37.8 Å². The first kappa shape index (κ1) is 14.1. The molecule has 0 amide bonds. The van der Waals surface area contributed by atoms with E-state index >= 15 is 0 Å². The summed E-state index contributed by atoms with van der Waals surface area (Å²) in [4.78, 5) is 9.37. The van der Waals surface area contributed by atoms with Gasteiger partial charge in [-0.15, -0.1) is 0 Å². The van der Waals surface area contributed by atoms with Crippen molar-refractivity contribution in [1.82, 2.24) is 9.97 Å². The van der Waals surface area contributed by atoms with Gasteiger partial charge in [-0.3, -0.25) is 0 Å². The molecule has 0 saturated heterocycles. The largest absolute Gasteiger partial charge is 0.373 e. The Morgan fingerprint density at radius 3 is 2.67 bits per heavy atom. The van der Waals surface area contributed by atoms with Gasteiger partial charge in [-0.25, -0.2) is 9.97 Å². The molecule has 0 radical (unpaired) electrons. The molecular weight excluding hydrogens is 258 g/mol. The van der Waals surface area contributed by atoms with E-state index in [0.717, 1.165) is 23.8 Å². The highest BCUT2D eigenvalue weighted by molar-refractivity contribution is 5.63. The molecule has 1 heterocycles. The van der Waals surface area contributed by atoms with Gasteiger partial charge in [-0.1, -0.05) is 32.0 Å². The summed E-state index contributed by atoms with van der Waals surface area (Å²) in [5.41, 5.74) is 3.59. The van der Waals surface area contributed by atoms with Crippen molar-refractivity contribution < 1.29 is 0 Å². The van der Waals surface area contributed by atoms with Crippen LogP contribution < -0.4 is 5.32 Å². The lowest BCUT2D eigenvalue weighted by molar-refractivity contribution is 0.647. The Labute approximate surface area is 126 Å². The average Bonchev–Trinajstić information content (AvgIpc) is 3.31. The highest BCUT2D eigenvalue weighted by Gasteiger charge is 2.27. The smallest absolute Gasteiger partial charge is 0.134 e. The van der Waals surface area contributed by atoms with E-state index in [1.54, 1.807) is 0 Å². The quantitative estimate of drug-likeness (QED) is 0.889. The third kappa shape index (κ3) is 3.41. The Bertz CT molecular complexity index is 630. The maximum atomic E-state index is 4.78. The second kappa shape index (κ2) is 5.84. The van der Waals surface area contributed by atoms with Gasteiger partial charge >= 0.3 is 0 Å². The minimum absolute atomic E-state index is 0.566. The summed E-state index contributed by atoms with van der Waals surface area (Å²) in [5.74, 6) is 3.14. The molecule has 1 saturated carbocycles.